The van der Waals surface area contributed by atoms with Crippen molar-refractivity contribution in [3.05, 3.63) is 54.1 Å². The van der Waals surface area contributed by atoms with Crippen molar-refractivity contribution in [2.24, 2.45) is 0 Å². The normalized spacial score (nSPS) is 13.1. The van der Waals surface area contributed by atoms with Crippen molar-refractivity contribution in [1.82, 2.24) is 20.5 Å². The van der Waals surface area contributed by atoms with Gasteiger partial charge in [-0.25, -0.2) is 9.59 Å². The Bertz CT molecular complexity index is 1110. The number of esters is 1. The van der Waals surface area contributed by atoms with Crippen molar-refractivity contribution in [1.29, 1.82) is 0 Å². The Hall–Kier alpha value is -3.82. The summed E-state index contributed by atoms with van der Waals surface area (Å²) in [6, 6.07) is 14.5. The Balaban J connectivity index is 1.60. The molecule has 0 bridgehead atoms. The van der Waals surface area contributed by atoms with Gasteiger partial charge in [0.05, 0.1) is 7.11 Å². The van der Waals surface area contributed by atoms with Gasteiger partial charge in [-0.2, -0.15) is 0 Å². The van der Waals surface area contributed by atoms with E-state index in [4.69, 9.17) is 19.0 Å². The number of nitrogens with one attached hydrogen (secondary N) is 1. The van der Waals surface area contributed by atoms with Crippen molar-refractivity contribution in [2.75, 3.05) is 13.9 Å². The third-order valence-corrected chi connectivity index (χ3v) is 4.62. The van der Waals surface area contributed by atoms with Gasteiger partial charge in [0.1, 0.15) is 27.9 Å². The lowest BCUT2D eigenvalue weighted by Crippen LogP contribution is -2.55. The number of carbonyl (C=O) groups excluding carboxylic acids is 2. The molecule has 0 saturated heterocycles. The molecule has 0 aliphatic rings. The number of aromatic nitrogens is 3. The van der Waals surface area contributed by atoms with E-state index >= 15 is 0 Å². The van der Waals surface area contributed by atoms with Crippen LogP contribution in [0.15, 0.2) is 48.5 Å². The molecular weight excluding hydrogens is 428 g/mol. The number of methoxy groups -OCH3 is 1. The van der Waals surface area contributed by atoms with Gasteiger partial charge in [-0.1, -0.05) is 29.1 Å². The average molecular weight is 456 g/mol. The Kier molecular flexibility index (Phi) is 7.05. The topological polar surface area (TPSA) is 114 Å². The second kappa shape index (κ2) is 9.76. The second-order valence-electron chi connectivity index (χ2n) is 8.61. The first kappa shape index (κ1) is 23.8. The number of fused-ring (bicyclic) bond motifs is 1. The van der Waals surface area contributed by atoms with Crippen molar-refractivity contribution < 1.29 is 28.6 Å². The minimum Gasteiger partial charge on any atom is -0.467 e. The van der Waals surface area contributed by atoms with E-state index in [9.17, 15) is 9.59 Å². The van der Waals surface area contributed by atoms with E-state index in [1.165, 1.54) is 12.0 Å². The maximum absolute atomic E-state index is 12.4. The molecule has 10 nitrogen and oxygen atoms in total. The summed E-state index contributed by atoms with van der Waals surface area (Å²) in [5.41, 5.74) is 0.234. The van der Waals surface area contributed by atoms with Crippen LogP contribution in [0.3, 0.4) is 0 Å². The van der Waals surface area contributed by atoms with Gasteiger partial charge >= 0.3 is 12.1 Å². The molecule has 0 fully saturated rings. The van der Waals surface area contributed by atoms with E-state index < -0.39 is 23.2 Å². The summed E-state index contributed by atoms with van der Waals surface area (Å²) in [6.45, 7) is 6.75. The monoisotopic (exact) mass is 456 g/mol. The molecule has 0 aliphatic heterocycles. The number of carbonyl (C=O) groups is 2. The van der Waals surface area contributed by atoms with Gasteiger partial charge in [0.25, 0.3) is 6.79 Å². The molecule has 3 aromatic rings. The first-order chi connectivity index (χ1) is 15.6. The van der Waals surface area contributed by atoms with Crippen molar-refractivity contribution >= 4 is 23.1 Å². The molecule has 1 heterocycles. The van der Waals surface area contributed by atoms with Crippen molar-refractivity contribution in [3.8, 4) is 5.75 Å². The molecule has 2 aromatic carbocycles. The highest BCUT2D eigenvalue weighted by molar-refractivity contribution is 5.85. The predicted octanol–water partition coefficient (Wildman–Crippen LogP) is 2.90. The highest BCUT2D eigenvalue weighted by Crippen LogP contribution is 2.20. The van der Waals surface area contributed by atoms with Crippen LogP contribution in [0, 0.1) is 0 Å². The third kappa shape index (κ3) is 6.34. The average Bonchev–Trinajstić information content (AvgIpc) is 3.16. The predicted molar refractivity (Wildman–Crippen MR) is 120 cm³/mol. The summed E-state index contributed by atoms with van der Waals surface area (Å²) in [7, 11) is 1.27. The van der Waals surface area contributed by atoms with E-state index in [0.29, 0.717) is 5.75 Å². The highest BCUT2D eigenvalue weighted by Gasteiger charge is 2.37. The summed E-state index contributed by atoms with van der Waals surface area (Å²) in [4.78, 5) is 31.5. The van der Waals surface area contributed by atoms with Crippen molar-refractivity contribution in [2.45, 2.75) is 45.3 Å². The number of benzene rings is 2. The Morgan fingerprint density at radius 1 is 1.03 bits per heavy atom. The fraction of sp³-hybridized carbons (Fsp3) is 0.391. The molecule has 1 amide bonds. The summed E-state index contributed by atoms with van der Waals surface area (Å²) in [5.74, 6) is -0.0230. The first-order valence-electron chi connectivity index (χ1n) is 10.3. The molecule has 0 radical (unpaired) electrons. The molecule has 33 heavy (non-hydrogen) atoms. The molecular formula is C23H28N4O6. The van der Waals surface area contributed by atoms with Gasteiger partial charge in [-0.15, -0.1) is 5.10 Å². The number of hydrogen-bond donors (Lipinski definition) is 1. The number of amides is 1. The molecule has 1 unspecified atom stereocenters. The Morgan fingerprint density at radius 2 is 1.73 bits per heavy atom. The Morgan fingerprint density at radius 3 is 2.39 bits per heavy atom. The molecule has 0 saturated carbocycles. The molecule has 1 atom stereocenters. The lowest BCUT2D eigenvalue weighted by Gasteiger charge is -2.29. The van der Waals surface area contributed by atoms with Crippen LogP contribution in [0.25, 0.3) is 11.0 Å². The van der Waals surface area contributed by atoms with E-state index in [1.54, 1.807) is 52.0 Å². The fourth-order valence-corrected chi connectivity index (χ4v) is 3.12. The summed E-state index contributed by atoms with van der Waals surface area (Å²) < 4.78 is 15.8. The van der Waals surface area contributed by atoms with Crippen LogP contribution in [0.1, 0.15) is 33.3 Å². The maximum atomic E-state index is 12.4. The molecule has 3 rings (SSSR count). The third-order valence-electron chi connectivity index (χ3n) is 4.62. The van der Waals surface area contributed by atoms with Gasteiger partial charge in [-0.3, -0.25) is 0 Å². The maximum Gasteiger partial charge on any atom is 0.408 e. The molecule has 1 N–H and O–H groups in total. The second-order valence-corrected chi connectivity index (χ2v) is 8.61. The largest absolute Gasteiger partial charge is 0.467 e. The van der Waals surface area contributed by atoms with Gasteiger partial charge in [0.15, 0.2) is 0 Å². The number of rotatable bonds is 8. The first-order valence-corrected chi connectivity index (χ1v) is 10.3. The van der Waals surface area contributed by atoms with Crippen LogP contribution in [-0.4, -0.2) is 52.3 Å². The lowest BCUT2D eigenvalue weighted by atomic mass is 9.93. The van der Waals surface area contributed by atoms with Gasteiger partial charge in [0.2, 0.25) is 0 Å². The van der Waals surface area contributed by atoms with Crippen LogP contribution in [0.4, 0.5) is 4.79 Å². The number of ether oxygens (including phenoxy) is 3. The van der Waals surface area contributed by atoms with E-state index in [0.717, 1.165) is 16.6 Å². The molecule has 1 aromatic heterocycles. The quantitative estimate of drug-likeness (QED) is 0.407. The molecule has 0 aliphatic carbocycles. The van der Waals surface area contributed by atoms with Gasteiger partial charge in [0, 0.05) is 6.42 Å². The van der Waals surface area contributed by atoms with Crippen LogP contribution < -0.4 is 14.9 Å². The van der Waals surface area contributed by atoms with Gasteiger partial charge in [-0.05, 0) is 62.7 Å². The lowest BCUT2D eigenvalue weighted by molar-refractivity contribution is -0.147. The van der Waals surface area contributed by atoms with Crippen LogP contribution in [0.5, 0.6) is 5.75 Å². The van der Waals surface area contributed by atoms with E-state index in [-0.39, 0.29) is 13.2 Å². The zero-order valence-electron chi connectivity index (χ0n) is 19.3. The smallest absolute Gasteiger partial charge is 0.408 e. The zero-order valence-corrected chi connectivity index (χ0v) is 19.3. The summed E-state index contributed by atoms with van der Waals surface area (Å²) in [5, 5.41) is 10.6. The SMILES string of the molecule is COC(=O)C(C)(Cc1ccc(OCOn2nnc3ccccc32)cc1)NC(=O)OC(C)(C)C. The molecule has 176 valence electrons. The minimum atomic E-state index is -1.31. The number of hydrogen-bond acceptors (Lipinski definition) is 8. The van der Waals surface area contributed by atoms with Crippen LogP contribution in [-0.2, 0) is 20.7 Å². The standard InChI is InChI=1S/C23H28N4O6/c1-22(2,3)33-21(29)24-23(4,20(28)30-5)14-16-10-12-17(13-11-16)31-15-32-27-19-9-7-6-8-18(19)25-26-27/h6-13H,14-15H2,1-5H3,(H,24,29). The van der Waals surface area contributed by atoms with Crippen molar-refractivity contribution in [3.63, 3.8) is 0 Å². The van der Waals surface area contributed by atoms with E-state index in [1.807, 2.05) is 24.3 Å². The minimum absolute atomic E-state index is 0.0766. The van der Waals surface area contributed by atoms with Gasteiger partial charge < -0.3 is 24.4 Å². The molecule has 10 heteroatoms. The number of para-hydroxylation sites is 1. The van der Waals surface area contributed by atoms with Crippen LogP contribution >= 0.6 is 0 Å². The Labute approximate surface area is 191 Å². The van der Waals surface area contributed by atoms with Crippen LogP contribution in [0.2, 0.25) is 0 Å². The summed E-state index contributed by atoms with van der Waals surface area (Å²) >= 11 is 0. The highest BCUT2D eigenvalue weighted by atomic mass is 16.8. The molecule has 0 spiro atoms. The zero-order chi connectivity index (χ0) is 24.1. The number of alkyl carbamates (subject to hydrolysis) is 1. The fourth-order valence-electron chi connectivity index (χ4n) is 3.12. The van der Waals surface area contributed by atoms with E-state index in [2.05, 4.69) is 15.6 Å². The number of nitrogens with zero attached hydrogens (tertiary/aromatic N) is 3. The summed E-state index contributed by atoms with van der Waals surface area (Å²) in [6.07, 6.45) is -0.506.